The number of hydrogen-bond donors (Lipinski definition) is 2. The first-order chi connectivity index (χ1) is 13.6. The number of carbonyl (C=O) groups is 2. The van der Waals surface area contributed by atoms with Crippen molar-refractivity contribution in [1.29, 1.82) is 0 Å². The van der Waals surface area contributed by atoms with Gasteiger partial charge in [0.25, 0.3) is 0 Å². The van der Waals surface area contributed by atoms with E-state index in [-0.39, 0.29) is 35.5 Å². The van der Waals surface area contributed by atoms with Crippen molar-refractivity contribution < 1.29 is 9.59 Å². The van der Waals surface area contributed by atoms with Gasteiger partial charge in [0.2, 0.25) is 11.8 Å². The van der Waals surface area contributed by atoms with Gasteiger partial charge in [-0.25, -0.2) is 0 Å². The molecule has 4 unspecified atom stereocenters. The molecule has 154 valence electrons. The maximum atomic E-state index is 12.7. The van der Waals surface area contributed by atoms with Gasteiger partial charge in [-0.15, -0.1) is 0 Å². The van der Waals surface area contributed by atoms with Gasteiger partial charge >= 0.3 is 0 Å². The predicted octanol–water partition coefficient (Wildman–Crippen LogP) is 0.690. The number of hydrogen-bond acceptors (Lipinski definition) is 4. The van der Waals surface area contributed by atoms with Gasteiger partial charge in [0.1, 0.15) is 0 Å². The fraction of sp³-hybridized carbons (Fsp3) is 0.762. The van der Waals surface area contributed by atoms with E-state index in [0.29, 0.717) is 13.1 Å². The van der Waals surface area contributed by atoms with E-state index in [1.54, 1.807) is 7.05 Å². The quantitative estimate of drug-likeness (QED) is 0.304. The summed E-state index contributed by atoms with van der Waals surface area (Å²) >= 11 is 0. The highest BCUT2D eigenvalue weighted by molar-refractivity contribution is 6.06. The number of rotatable bonds is 6. The van der Waals surface area contributed by atoms with Crippen molar-refractivity contribution in [3.05, 3.63) is 12.2 Å². The molecule has 2 amide bonds. The summed E-state index contributed by atoms with van der Waals surface area (Å²) in [6.07, 6.45) is 8.93. The van der Waals surface area contributed by atoms with Gasteiger partial charge in [0.05, 0.1) is 11.8 Å². The van der Waals surface area contributed by atoms with E-state index in [9.17, 15) is 9.59 Å². The molecule has 4 rings (SSSR count). The highest BCUT2D eigenvalue weighted by atomic mass is 16.2. The molecule has 1 saturated carbocycles. The molecule has 0 radical (unpaired) electrons. The SMILES string of the molecule is CN=C(NCCC1CCN(C)CC1)NCCN1C(=O)C2C3C=CC(C3)C2C1=O. The lowest BCUT2D eigenvalue weighted by Crippen LogP contribution is -2.44. The molecule has 4 aliphatic rings. The highest BCUT2D eigenvalue weighted by Gasteiger charge is 2.58. The maximum Gasteiger partial charge on any atom is 0.233 e. The third-order valence-electron chi connectivity index (χ3n) is 7.10. The van der Waals surface area contributed by atoms with Crippen LogP contribution in [0.4, 0.5) is 0 Å². The molecule has 4 atom stereocenters. The van der Waals surface area contributed by atoms with E-state index >= 15 is 0 Å². The van der Waals surface area contributed by atoms with Crippen molar-refractivity contribution in [3.63, 3.8) is 0 Å². The van der Waals surface area contributed by atoms with Crippen LogP contribution in [0.25, 0.3) is 0 Å². The second kappa shape index (κ2) is 8.23. The van der Waals surface area contributed by atoms with Crippen LogP contribution in [0.1, 0.15) is 25.7 Å². The zero-order valence-electron chi connectivity index (χ0n) is 17.1. The molecule has 0 spiro atoms. The molecule has 2 N–H and O–H groups in total. The van der Waals surface area contributed by atoms with Crippen molar-refractivity contribution >= 4 is 17.8 Å². The molecule has 2 heterocycles. The summed E-state index contributed by atoms with van der Waals surface area (Å²) in [4.78, 5) is 33.5. The van der Waals surface area contributed by atoms with Gasteiger partial charge in [0.15, 0.2) is 5.96 Å². The normalized spacial score (nSPS) is 33.1. The summed E-state index contributed by atoms with van der Waals surface area (Å²) in [6, 6.07) is 0. The topological polar surface area (TPSA) is 77.0 Å². The molecule has 0 aromatic rings. The lowest BCUT2D eigenvalue weighted by Gasteiger charge is -2.29. The van der Waals surface area contributed by atoms with Crippen molar-refractivity contribution in [2.75, 3.05) is 46.8 Å². The Bertz CT molecular complexity index is 638. The Balaban J connectivity index is 1.18. The average molecular weight is 388 g/mol. The Morgan fingerprint density at radius 1 is 1.07 bits per heavy atom. The first kappa shape index (κ1) is 19.4. The fourth-order valence-electron chi connectivity index (χ4n) is 5.44. The molecule has 28 heavy (non-hydrogen) atoms. The number of piperidine rings is 1. The number of likely N-dealkylation sites (tertiary alicyclic amines) is 2. The minimum absolute atomic E-state index is 0.0267. The second-order valence-electron chi connectivity index (χ2n) is 8.79. The van der Waals surface area contributed by atoms with Gasteiger partial charge in [0, 0.05) is 26.7 Å². The van der Waals surface area contributed by atoms with Crippen molar-refractivity contribution in [2.24, 2.45) is 34.6 Å². The average Bonchev–Trinajstić information content (AvgIpc) is 3.37. The third-order valence-corrected chi connectivity index (χ3v) is 7.10. The van der Waals surface area contributed by atoms with Gasteiger partial charge in [-0.2, -0.15) is 0 Å². The first-order valence-corrected chi connectivity index (χ1v) is 10.7. The summed E-state index contributed by atoms with van der Waals surface area (Å²) in [5.74, 6) is 1.93. The Labute approximate surface area is 167 Å². The largest absolute Gasteiger partial charge is 0.356 e. The van der Waals surface area contributed by atoms with E-state index in [1.807, 2.05) is 0 Å². The number of carbonyl (C=O) groups excluding carboxylic acids is 2. The van der Waals surface area contributed by atoms with Crippen LogP contribution >= 0.6 is 0 Å². The number of nitrogens with one attached hydrogen (secondary N) is 2. The van der Waals surface area contributed by atoms with Crippen LogP contribution in [0.3, 0.4) is 0 Å². The molecule has 0 aromatic heterocycles. The summed E-state index contributed by atoms with van der Waals surface area (Å²) in [6.45, 7) is 4.23. The van der Waals surface area contributed by atoms with E-state index in [0.717, 1.165) is 31.3 Å². The van der Waals surface area contributed by atoms with Crippen LogP contribution in [-0.4, -0.2) is 74.4 Å². The lowest BCUT2D eigenvalue weighted by atomic mass is 9.85. The summed E-state index contributed by atoms with van der Waals surface area (Å²) < 4.78 is 0. The number of guanidine groups is 1. The molecule has 7 nitrogen and oxygen atoms in total. The zero-order chi connectivity index (χ0) is 19.7. The summed E-state index contributed by atoms with van der Waals surface area (Å²) in [7, 11) is 3.94. The third kappa shape index (κ3) is 3.69. The number of fused-ring (bicyclic) bond motifs is 5. The lowest BCUT2D eigenvalue weighted by molar-refractivity contribution is -0.140. The van der Waals surface area contributed by atoms with Crippen LogP contribution in [-0.2, 0) is 9.59 Å². The second-order valence-corrected chi connectivity index (χ2v) is 8.79. The van der Waals surface area contributed by atoms with Crippen LogP contribution in [0.2, 0.25) is 0 Å². The monoisotopic (exact) mass is 387 g/mol. The van der Waals surface area contributed by atoms with Gasteiger partial charge in [-0.3, -0.25) is 19.5 Å². The van der Waals surface area contributed by atoms with Crippen LogP contribution in [0, 0.1) is 29.6 Å². The number of allylic oxidation sites excluding steroid dienone is 2. The van der Waals surface area contributed by atoms with E-state index < -0.39 is 0 Å². The van der Waals surface area contributed by atoms with Gasteiger partial charge in [-0.1, -0.05) is 12.2 Å². The molecule has 2 bridgehead atoms. The summed E-state index contributed by atoms with van der Waals surface area (Å²) in [5.41, 5.74) is 0. The van der Waals surface area contributed by atoms with Gasteiger partial charge < -0.3 is 15.5 Å². The molecule has 3 fully saturated rings. The van der Waals surface area contributed by atoms with Crippen LogP contribution in [0.15, 0.2) is 17.1 Å². The number of amides is 2. The zero-order valence-corrected chi connectivity index (χ0v) is 17.1. The van der Waals surface area contributed by atoms with Crippen molar-refractivity contribution in [2.45, 2.75) is 25.7 Å². The summed E-state index contributed by atoms with van der Waals surface area (Å²) in [5, 5.41) is 6.62. The fourth-order valence-corrected chi connectivity index (χ4v) is 5.44. The van der Waals surface area contributed by atoms with E-state index in [2.05, 4.69) is 39.7 Å². The van der Waals surface area contributed by atoms with Crippen LogP contribution in [0.5, 0.6) is 0 Å². The number of nitrogens with zero attached hydrogens (tertiary/aromatic N) is 3. The molecule has 7 heteroatoms. The Hall–Kier alpha value is -1.89. The molecule has 2 aliphatic heterocycles. The minimum Gasteiger partial charge on any atom is -0.356 e. The molecule has 2 aliphatic carbocycles. The van der Waals surface area contributed by atoms with E-state index in [4.69, 9.17) is 0 Å². The minimum atomic E-state index is -0.102. The standard InChI is InChI=1S/C21H33N5O2/c1-22-21(23-8-5-14-6-10-25(2)11-7-14)24-9-12-26-19(27)17-15-3-4-16(13-15)18(17)20(26)28/h3-4,14-18H,5-13H2,1-2H3,(H2,22,23,24). The number of aliphatic imine (C=N–C) groups is 1. The number of imide groups is 1. The first-order valence-electron chi connectivity index (χ1n) is 10.7. The van der Waals surface area contributed by atoms with E-state index in [1.165, 1.54) is 30.8 Å². The molecular formula is C21H33N5O2. The predicted molar refractivity (Wildman–Crippen MR) is 109 cm³/mol. The molecule has 2 saturated heterocycles. The van der Waals surface area contributed by atoms with Crippen LogP contribution < -0.4 is 10.6 Å². The van der Waals surface area contributed by atoms with Gasteiger partial charge in [-0.05, 0) is 63.6 Å². The Kier molecular flexibility index (Phi) is 5.71. The van der Waals surface area contributed by atoms with Crippen molar-refractivity contribution in [1.82, 2.24) is 20.4 Å². The molecular weight excluding hydrogens is 354 g/mol. The maximum absolute atomic E-state index is 12.7. The highest BCUT2D eigenvalue weighted by Crippen LogP contribution is 2.52. The smallest absolute Gasteiger partial charge is 0.233 e. The Morgan fingerprint density at radius 2 is 1.68 bits per heavy atom. The van der Waals surface area contributed by atoms with Crippen molar-refractivity contribution in [3.8, 4) is 0 Å². The Morgan fingerprint density at radius 3 is 2.29 bits per heavy atom. The molecule has 0 aromatic carbocycles.